The first kappa shape index (κ1) is 16.8. The van der Waals surface area contributed by atoms with Crippen molar-refractivity contribution in [3.63, 3.8) is 0 Å². The van der Waals surface area contributed by atoms with Crippen molar-refractivity contribution < 1.29 is 4.39 Å². The fourth-order valence-electron chi connectivity index (χ4n) is 3.02. The van der Waals surface area contributed by atoms with Gasteiger partial charge in [-0.1, -0.05) is 12.1 Å². The molecule has 6 heteroatoms. The van der Waals surface area contributed by atoms with Crippen LogP contribution < -0.4 is 0 Å². The molecule has 0 saturated heterocycles. The summed E-state index contributed by atoms with van der Waals surface area (Å²) >= 11 is 0. The predicted octanol–water partition coefficient (Wildman–Crippen LogP) is 4.60. The zero-order valence-corrected chi connectivity index (χ0v) is 14.7. The fourth-order valence-corrected chi connectivity index (χ4v) is 3.02. The van der Waals surface area contributed by atoms with Crippen LogP contribution in [0.3, 0.4) is 0 Å². The molecule has 0 unspecified atom stereocenters. The molecule has 0 amide bonds. The minimum Gasteiger partial charge on any atom is -0.315 e. The smallest absolute Gasteiger partial charge is 0.180 e. The molecule has 0 bridgehead atoms. The van der Waals surface area contributed by atoms with E-state index in [1.165, 1.54) is 6.07 Å². The van der Waals surface area contributed by atoms with E-state index < -0.39 is 0 Å². The van der Waals surface area contributed by atoms with Crippen LogP contribution in [0.2, 0.25) is 0 Å². The molecule has 0 N–H and O–H groups in total. The molecule has 4 rings (SSSR count). The topological polar surface area (TPSA) is 56.0 Å². The van der Waals surface area contributed by atoms with E-state index in [-0.39, 0.29) is 5.82 Å². The summed E-state index contributed by atoms with van der Waals surface area (Å²) in [5, 5.41) is 0. The maximum absolute atomic E-state index is 14.3. The van der Waals surface area contributed by atoms with E-state index in [0.717, 1.165) is 16.9 Å². The quantitative estimate of drug-likeness (QED) is 0.502. The minimum atomic E-state index is -0.334. The largest absolute Gasteiger partial charge is 0.315 e. The maximum Gasteiger partial charge on any atom is 0.180 e. The van der Waals surface area contributed by atoms with Gasteiger partial charge >= 0.3 is 0 Å². The molecule has 0 radical (unpaired) electrons. The van der Waals surface area contributed by atoms with E-state index in [4.69, 9.17) is 0 Å². The van der Waals surface area contributed by atoms with Gasteiger partial charge in [-0.05, 0) is 49.5 Å². The Labute approximate surface area is 155 Å². The number of nitrogens with zero attached hydrogens (tertiary/aromatic N) is 5. The molecule has 0 aliphatic rings. The van der Waals surface area contributed by atoms with Crippen molar-refractivity contribution in [2.75, 3.05) is 0 Å². The van der Waals surface area contributed by atoms with Crippen LogP contribution in [0.1, 0.15) is 11.3 Å². The highest BCUT2D eigenvalue weighted by molar-refractivity contribution is 5.84. The van der Waals surface area contributed by atoms with E-state index in [1.54, 1.807) is 36.8 Å². The van der Waals surface area contributed by atoms with Crippen LogP contribution in [0.25, 0.3) is 34.2 Å². The Morgan fingerprint density at radius 1 is 1.15 bits per heavy atom. The van der Waals surface area contributed by atoms with Gasteiger partial charge in [0.15, 0.2) is 5.65 Å². The lowest BCUT2D eigenvalue weighted by Crippen LogP contribution is -2.02. The van der Waals surface area contributed by atoms with Gasteiger partial charge in [-0.25, -0.2) is 19.3 Å². The highest BCUT2D eigenvalue weighted by atomic mass is 19.1. The normalized spacial score (nSPS) is 11.3. The molecule has 5 nitrogen and oxygen atoms in total. The van der Waals surface area contributed by atoms with Crippen molar-refractivity contribution in [2.45, 2.75) is 6.92 Å². The van der Waals surface area contributed by atoms with Crippen LogP contribution in [-0.2, 0) is 0 Å². The number of benzene rings is 1. The lowest BCUT2D eigenvalue weighted by atomic mass is 10.1. The second kappa shape index (κ2) is 6.92. The van der Waals surface area contributed by atoms with Crippen molar-refractivity contribution in [2.24, 2.45) is 4.99 Å². The van der Waals surface area contributed by atoms with E-state index in [2.05, 4.69) is 26.7 Å². The van der Waals surface area contributed by atoms with Gasteiger partial charge in [0.25, 0.3) is 0 Å². The Balaban J connectivity index is 2.03. The summed E-state index contributed by atoms with van der Waals surface area (Å²) in [5.74, 6) is -0.334. The van der Waals surface area contributed by atoms with Crippen LogP contribution in [0, 0.1) is 12.7 Å². The number of rotatable bonds is 4. The van der Waals surface area contributed by atoms with Crippen molar-refractivity contribution in [1.82, 2.24) is 19.5 Å². The van der Waals surface area contributed by atoms with Gasteiger partial charge in [0, 0.05) is 30.4 Å². The van der Waals surface area contributed by atoms with E-state index >= 15 is 0 Å². The first-order valence-corrected chi connectivity index (χ1v) is 8.36. The van der Waals surface area contributed by atoms with Crippen LogP contribution in [0.4, 0.5) is 4.39 Å². The SMILES string of the molecule is C=NC=Cc1c(C)ccn1-c1cc(-c2ccccc2F)nc2nccnc12. The number of halogens is 1. The van der Waals surface area contributed by atoms with Gasteiger partial charge in [0.2, 0.25) is 0 Å². The summed E-state index contributed by atoms with van der Waals surface area (Å²) in [5.41, 5.74) is 4.77. The summed E-state index contributed by atoms with van der Waals surface area (Å²) in [7, 11) is 0. The van der Waals surface area contributed by atoms with Gasteiger partial charge in [0.1, 0.15) is 11.3 Å². The number of hydrogen-bond donors (Lipinski definition) is 0. The third-order valence-electron chi connectivity index (χ3n) is 4.31. The number of aliphatic imine (C=N–C) groups is 1. The average Bonchev–Trinajstić information content (AvgIpc) is 3.06. The number of aromatic nitrogens is 4. The molecule has 27 heavy (non-hydrogen) atoms. The Morgan fingerprint density at radius 3 is 2.78 bits per heavy atom. The molecule has 0 aliphatic heterocycles. The molecular weight excluding hydrogens is 341 g/mol. The second-order valence-corrected chi connectivity index (χ2v) is 5.99. The molecular formula is C21H16FN5. The highest BCUT2D eigenvalue weighted by Gasteiger charge is 2.15. The third-order valence-corrected chi connectivity index (χ3v) is 4.31. The Morgan fingerprint density at radius 2 is 1.96 bits per heavy atom. The minimum absolute atomic E-state index is 0.334. The van der Waals surface area contributed by atoms with Gasteiger partial charge in [-0.2, -0.15) is 0 Å². The Kier molecular flexibility index (Phi) is 4.30. The van der Waals surface area contributed by atoms with Gasteiger partial charge < -0.3 is 4.57 Å². The molecule has 3 heterocycles. The van der Waals surface area contributed by atoms with Crippen LogP contribution in [0.5, 0.6) is 0 Å². The van der Waals surface area contributed by atoms with Crippen molar-refractivity contribution in [3.8, 4) is 16.9 Å². The van der Waals surface area contributed by atoms with Crippen LogP contribution in [0.15, 0.2) is 66.2 Å². The summed E-state index contributed by atoms with van der Waals surface area (Å²) in [6.45, 7) is 5.49. The molecule has 0 atom stereocenters. The van der Waals surface area contributed by atoms with Gasteiger partial charge in [0.05, 0.1) is 17.1 Å². The maximum atomic E-state index is 14.3. The van der Waals surface area contributed by atoms with Gasteiger partial charge in [-0.15, -0.1) is 0 Å². The van der Waals surface area contributed by atoms with Gasteiger partial charge in [-0.3, -0.25) is 4.99 Å². The fraction of sp³-hybridized carbons (Fsp3) is 0.0476. The molecule has 0 fully saturated rings. The second-order valence-electron chi connectivity index (χ2n) is 5.99. The third kappa shape index (κ3) is 3.01. The van der Waals surface area contributed by atoms with Crippen LogP contribution >= 0.6 is 0 Å². The number of fused-ring (bicyclic) bond motifs is 1. The summed E-state index contributed by atoms with van der Waals surface area (Å²) in [6, 6.07) is 10.4. The summed E-state index contributed by atoms with van der Waals surface area (Å²) in [4.78, 5) is 17.1. The zero-order chi connectivity index (χ0) is 18.8. The molecule has 3 aromatic heterocycles. The Hall–Kier alpha value is -3.67. The molecule has 4 aromatic rings. The molecule has 132 valence electrons. The van der Waals surface area contributed by atoms with Crippen molar-refractivity contribution in [3.05, 3.63) is 78.3 Å². The molecule has 0 saturated carbocycles. The highest BCUT2D eigenvalue weighted by Crippen LogP contribution is 2.29. The standard InChI is InChI=1S/C21H16FN5/c1-14-8-12-27(18(14)7-9-23-2)19-13-17(15-5-3-4-6-16(15)22)26-21-20(19)24-10-11-25-21/h3-13H,2H2,1H3. The van der Waals surface area contributed by atoms with Crippen molar-refractivity contribution in [1.29, 1.82) is 0 Å². The van der Waals surface area contributed by atoms with E-state index in [0.29, 0.717) is 22.4 Å². The number of aryl methyl sites for hydroxylation is 1. The predicted molar refractivity (Wildman–Crippen MR) is 105 cm³/mol. The lowest BCUT2D eigenvalue weighted by Gasteiger charge is -2.12. The zero-order valence-electron chi connectivity index (χ0n) is 14.7. The number of hydrogen-bond acceptors (Lipinski definition) is 4. The first-order chi connectivity index (χ1) is 13.2. The number of pyridine rings is 1. The Bertz CT molecular complexity index is 1180. The van der Waals surface area contributed by atoms with E-state index in [1.807, 2.05) is 35.9 Å². The average molecular weight is 357 g/mol. The summed E-state index contributed by atoms with van der Waals surface area (Å²) in [6.07, 6.45) is 8.63. The molecule has 0 spiro atoms. The van der Waals surface area contributed by atoms with E-state index in [9.17, 15) is 4.39 Å². The summed E-state index contributed by atoms with van der Waals surface area (Å²) < 4.78 is 16.3. The monoisotopic (exact) mass is 357 g/mol. The lowest BCUT2D eigenvalue weighted by molar-refractivity contribution is 0.631. The van der Waals surface area contributed by atoms with Crippen LogP contribution in [-0.4, -0.2) is 26.2 Å². The molecule has 1 aromatic carbocycles. The first-order valence-electron chi connectivity index (χ1n) is 8.36. The molecule has 0 aliphatic carbocycles. The van der Waals surface area contributed by atoms with Crippen molar-refractivity contribution >= 4 is 24.0 Å².